The third-order valence-corrected chi connectivity index (χ3v) is 3.64. The van der Waals surface area contributed by atoms with Crippen LogP contribution < -0.4 is 15.4 Å². The summed E-state index contributed by atoms with van der Waals surface area (Å²) in [5, 5.41) is 16.3. The number of methoxy groups -OCH3 is 1. The maximum Gasteiger partial charge on any atom is 0.312 e. The van der Waals surface area contributed by atoms with Crippen molar-refractivity contribution in [1.82, 2.24) is 5.32 Å². The van der Waals surface area contributed by atoms with E-state index in [1.54, 1.807) is 30.3 Å². The van der Waals surface area contributed by atoms with Gasteiger partial charge in [-0.05, 0) is 42.5 Å². The Kier molecular flexibility index (Phi) is 5.83. The van der Waals surface area contributed by atoms with Crippen LogP contribution in [0, 0.1) is 10.1 Å². The molecule has 124 valence electrons. The summed E-state index contributed by atoms with van der Waals surface area (Å²) < 4.78 is 5.69. The fourth-order valence-electron chi connectivity index (χ4n) is 1.88. The molecule has 0 radical (unpaired) electrons. The number of nitro groups is 1. The van der Waals surface area contributed by atoms with Gasteiger partial charge in [-0.3, -0.25) is 20.2 Å². The quantitative estimate of drug-likeness (QED) is 0.455. The van der Waals surface area contributed by atoms with Crippen molar-refractivity contribution in [2.75, 3.05) is 12.4 Å². The van der Waals surface area contributed by atoms with Crippen molar-refractivity contribution in [3.8, 4) is 5.75 Å². The van der Waals surface area contributed by atoms with Crippen LogP contribution in [-0.4, -0.2) is 23.1 Å². The van der Waals surface area contributed by atoms with Gasteiger partial charge in [-0.15, -0.1) is 0 Å². The molecule has 2 N–H and O–H groups in total. The van der Waals surface area contributed by atoms with Gasteiger partial charge in [-0.2, -0.15) is 0 Å². The highest BCUT2D eigenvalue weighted by Gasteiger charge is 2.16. The summed E-state index contributed by atoms with van der Waals surface area (Å²) in [5.41, 5.74) is 0.583. The zero-order valence-corrected chi connectivity index (χ0v) is 14.8. The highest BCUT2D eigenvalue weighted by atomic mass is 79.9. The summed E-state index contributed by atoms with van der Waals surface area (Å²) >= 11 is 8.34. The van der Waals surface area contributed by atoms with E-state index >= 15 is 0 Å². The molecule has 0 heterocycles. The first-order chi connectivity index (χ1) is 11.4. The summed E-state index contributed by atoms with van der Waals surface area (Å²) in [6, 6.07) is 11.1. The van der Waals surface area contributed by atoms with Crippen molar-refractivity contribution in [2.45, 2.75) is 0 Å². The summed E-state index contributed by atoms with van der Waals surface area (Å²) in [6.07, 6.45) is 0. The number of carbonyl (C=O) groups is 1. The molecule has 0 bridgehead atoms. The number of amides is 1. The number of thiocarbonyl (C=S) groups is 1. The Balaban J connectivity index is 2.08. The van der Waals surface area contributed by atoms with Gasteiger partial charge < -0.3 is 10.1 Å². The first kappa shape index (κ1) is 17.8. The van der Waals surface area contributed by atoms with Gasteiger partial charge in [0.05, 0.1) is 12.0 Å². The van der Waals surface area contributed by atoms with Gasteiger partial charge in [-0.1, -0.05) is 22.0 Å². The summed E-state index contributed by atoms with van der Waals surface area (Å²) in [4.78, 5) is 22.5. The summed E-state index contributed by atoms with van der Waals surface area (Å²) in [5.74, 6) is -0.258. The number of nitro benzene ring substituents is 1. The second-order valence-electron chi connectivity index (χ2n) is 4.56. The fourth-order valence-corrected chi connectivity index (χ4v) is 2.49. The van der Waals surface area contributed by atoms with Crippen molar-refractivity contribution in [2.24, 2.45) is 0 Å². The minimum absolute atomic E-state index is 0.0273. The third kappa shape index (κ3) is 4.49. The molecule has 0 atom stereocenters. The maximum atomic E-state index is 12.1. The number of ether oxygens (including phenoxy) is 1. The van der Waals surface area contributed by atoms with Crippen molar-refractivity contribution in [1.29, 1.82) is 0 Å². The van der Waals surface area contributed by atoms with Crippen LogP contribution in [0.2, 0.25) is 0 Å². The molecule has 7 nitrogen and oxygen atoms in total. The van der Waals surface area contributed by atoms with E-state index in [0.717, 1.165) is 4.47 Å². The second-order valence-corrected chi connectivity index (χ2v) is 5.89. The van der Waals surface area contributed by atoms with E-state index in [1.807, 2.05) is 0 Å². The molecule has 0 spiro atoms. The highest BCUT2D eigenvalue weighted by molar-refractivity contribution is 9.10. The zero-order chi connectivity index (χ0) is 17.7. The van der Waals surface area contributed by atoms with Gasteiger partial charge in [0.15, 0.2) is 10.9 Å². The lowest BCUT2D eigenvalue weighted by molar-refractivity contribution is -0.385. The van der Waals surface area contributed by atoms with Crippen LogP contribution in [0.5, 0.6) is 5.75 Å². The van der Waals surface area contributed by atoms with Crippen molar-refractivity contribution in [3.05, 3.63) is 62.6 Å². The third-order valence-electron chi connectivity index (χ3n) is 2.95. The predicted octanol–water partition coefficient (Wildman–Crippen LogP) is 3.49. The van der Waals surface area contributed by atoms with E-state index in [-0.39, 0.29) is 16.5 Å². The molecule has 0 fully saturated rings. The number of benzene rings is 2. The Morgan fingerprint density at radius 2 is 2.04 bits per heavy atom. The molecule has 0 aliphatic heterocycles. The minimum atomic E-state index is -0.562. The summed E-state index contributed by atoms with van der Waals surface area (Å²) in [7, 11) is 1.35. The number of nitrogens with one attached hydrogen (secondary N) is 2. The molecule has 2 aromatic rings. The molecule has 0 unspecified atom stereocenters. The first-order valence-electron chi connectivity index (χ1n) is 6.61. The Bertz CT molecular complexity index is 813. The lowest BCUT2D eigenvalue weighted by Crippen LogP contribution is -2.34. The van der Waals surface area contributed by atoms with Gasteiger partial charge in [0.1, 0.15) is 0 Å². The number of halogens is 1. The second kappa shape index (κ2) is 7.84. The Morgan fingerprint density at radius 3 is 2.67 bits per heavy atom. The maximum absolute atomic E-state index is 12.1. The van der Waals surface area contributed by atoms with Gasteiger partial charge in [-0.25, -0.2) is 0 Å². The van der Waals surface area contributed by atoms with Crippen molar-refractivity contribution < 1.29 is 14.5 Å². The van der Waals surface area contributed by atoms with Crippen molar-refractivity contribution in [3.63, 3.8) is 0 Å². The number of hydrogen-bond acceptors (Lipinski definition) is 5. The smallest absolute Gasteiger partial charge is 0.312 e. The van der Waals surface area contributed by atoms with Crippen LogP contribution in [0.25, 0.3) is 0 Å². The van der Waals surface area contributed by atoms with Gasteiger partial charge in [0.25, 0.3) is 5.91 Å². The molecule has 1 amide bonds. The molecule has 2 aromatic carbocycles. The molecule has 0 aliphatic rings. The largest absolute Gasteiger partial charge is 0.490 e. The number of anilines is 1. The SMILES string of the molecule is COc1ccc(NC(=S)NC(=O)c2cccc(Br)c2)cc1[N+](=O)[O-]. The number of hydrogen-bond donors (Lipinski definition) is 2. The van der Waals surface area contributed by atoms with Crippen LogP contribution in [-0.2, 0) is 0 Å². The van der Waals surface area contributed by atoms with Crippen LogP contribution in [0.1, 0.15) is 10.4 Å². The Hall–Kier alpha value is -2.52. The molecular formula is C15H12BrN3O4S. The van der Waals surface area contributed by atoms with E-state index in [2.05, 4.69) is 26.6 Å². The topological polar surface area (TPSA) is 93.5 Å². The highest BCUT2D eigenvalue weighted by Crippen LogP contribution is 2.29. The van der Waals surface area contributed by atoms with Crippen LogP contribution in [0.4, 0.5) is 11.4 Å². The number of carbonyl (C=O) groups excluding carboxylic acids is 1. The first-order valence-corrected chi connectivity index (χ1v) is 7.81. The molecule has 0 saturated heterocycles. The number of nitrogens with zero attached hydrogens (tertiary/aromatic N) is 1. The normalized spacial score (nSPS) is 9.92. The molecule has 0 aliphatic carbocycles. The molecule has 0 aromatic heterocycles. The van der Waals surface area contributed by atoms with E-state index in [0.29, 0.717) is 11.3 Å². The summed E-state index contributed by atoms with van der Waals surface area (Å²) in [6.45, 7) is 0. The van der Waals surface area contributed by atoms with Gasteiger partial charge in [0.2, 0.25) is 0 Å². The van der Waals surface area contributed by atoms with E-state index < -0.39 is 10.8 Å². The lowest BCUT2D eigenvalue weighted by atomic mass is 10.2. The van der Waals surface area contributed by atoms with E-state index in [1.165, 1.54) is 19.2 Å². The standard InChI is InChI=1S/C15H12BrN3O4S/c1-23-13-6-5-11(8-12(13)19(21)22)17-15(24)18-14(20)9-3-2-4-10(16)7-9/h2-8H,1H3,(H2,17,18,20,24). The average molecular weight is 410 g/mol. The van der Waals surface area contributed by atoms with Crippen molar-refractivity contribution >= 4 is 50.5 Å². The van der Waals surface area contributed by atoms with Crippen LogP contribution >= 0.6 is 28.1 Å². The minimum Gasteiger partial charge on any atom is -0.490 e. The van der Waals surface area contributed by atoms with Crippen LogP contribution in [0.3, 0.4) is 0 Å². The molecule has 24 heavy (non-hydrogen) atoms. The monoisotopic (exact) mass is 409 g/mol. The average Bonchev–Trinajstić information content (AvgIpc) is 2.54. The molecule has 9 heteroatoms. The van der Waals surface area contributed by atoms with Gasteiger partial charge >= 0.3 is 5.69 Å². The van der Waals surface area contributed by atoms with Crippen LogP contribution in [0.15, 0.2) is 46.9 Å². The molecular weight excluding hydrogens is 398 g/mol. The molecule has 2 rings (SSSR count). The van der Waals surface area contributed by atoms with E-state index in [4.69, 9.17) is 17.0 Å². The Morgan fingerprint density at radius 1 is 1.29 bits per heavy atom. The lowest BCUT2D eigenvalue weighted by Gasteiger charge is -2.10. The predicted molar refractivity (Wildman–Crippen MR) is 97.5 cm³/mol. The fraction of sp³-hybridized carbons (Fsp3) is 0.0667. The van der Waals surface area contributed by atoms with E-state index in [9.17, 15) is 14.9 Å². The zero-order valence-electron chi connectivity index (χ0n) is 12.4. The molecule has 0 saturated carbocycles. The Labute approximate surface area is 151 Å². The van der Waals surface area contributed by atoms with Gasteiger partial charge in [0, 0.05) is 21.8 Å². The number of rotatable bonds is 4.